The Balaban J connectivity index is 2.13. The first-order chi connectivity index (χ1) is 8.56. The predicted octanol–water partition coefficient (Wildman–Crippen LogP) is 4.67. The van der Waals surface area contributed by atoms with Crippen molar-refractivity contribution in [1.82, 2.24) is 4.98 Å². The number of hydrogen-bond donors (Lipinski definition) is 1. The predicted molar refractivity (Wildman–Crippen MR) is 78.1 cm³/mol. The van der Waals surface area contributed by atoms with Crippen molar-refractivity contribution in [2.75, 3.05) is 5.32 Å². The Morgan fingerprint density at radius 2 is 2.06 bits per heavy atom. The number of benzene rings is 1. The van der Waals surface area contributed by atoms with Gasteiger partial charge in [-0.1, -0.05) is 15.9 Å². The Labute approximate surface area is 122 Å². The molecule has 18 heavy (non-hydrogen) atoms. The van der Waals surface area contributed by atoms with Crippen LogP contribution in [0.5, 0.6) is 0 Å². The van der Waals surface area contributed by atoms with Crippen LogP contribution in [0.3, 0.4) is 0 Å². The fraction of sp³-hybridized carbons (Fsp3) is 0.154. The van der Waals surface area contributed by atoms with E-state index in [1.54, 1.807) is 18.3 Å². The van der Waals surface area contributed by atoms with E-state index < -0.39 is 0 Å². The van der Waals surface area contributed by atoms with Gasteiger partial charge in [0.05, 0.1) is 4.47 Å². The maximum atomic E-state index is 13.5. The molecule has 0 unspecified atom stereocenters. The Kier molecular flexibility index (Phi) is 4.35. The lowest BCUT2D eigenvalue weighted by atomic mass is 10.2. The highest BCUT2D eigenvalue weighted by Crippen LogP contribution is 2.22. The molecule has 2 aromatic rings. The van der Waals surface area contributed by atoms with Crippen LogP contribution in [0.4, 0.5) is 10.2 Å². The van der Waals surface area contributed by atoms with E-state index >= 15 is 0 Å². The summed E-state index contributed by atoms with van der Waals surface area (Å²) in [5.74, 6) is 0.480. The number of halogens is 3. The number of pyridine rings is 1. The molecule has 5 heteroatoms. The molecule has 0 amide bonds. The molecule has 0 aliphatic rings. The normalized spacial score (nSPS) is 10.4. The van der Waals surface area contributed by atoms with Gasteiger partial charge < -0.3 is 5.32 Å². The number of nitrogens with zero attached hydrogens (tertiary/aromatic N) is 1. The molecule has 0 aliphatic heterocycles. The quantitative estimate of drug-likeness (QED) is 0.845. The summed E-state index contributed by atoms with van der Waals surface area (Å²) in [4.78, 5) is 4.25. The average Bonchev–Trinajstić information content (AvgIpc) is 2.32. The van der Waals surface area contributed by atoms with E-state index in [0.29, 0.717) is 17.9 Å². The second-order valence-electron chi connectivity index (χ2n) is 3.93. The molecule has 0 saturated heterocycles. The maximum absolute atomic E-state index is 13.5. The Morgan fingerprint density at radius 3 is 2.78 bits per heavy atom. The lowest BCUT2D eigenvalue weighted by Crippen LogP contribution is -2.04. The molecule has 1 aromatic heterocycles. The summed E-state index contributed by atoms with van der Waals surface area (Å²) >= 11 is 6.75. The van der Waals surface area contributed by atoms with Crippen LogP contribution in [0.2, 0.25) is 0 Å². The third kappa shape index (κ3) is 3.29. The minimum atomic E-state index is -0.228. The standard InChI is InChI=1S/C13H11Br2FN2/c1-8-4-11(15)13(17-6-8)18-7-9-5-10(14)2-3-12(9)16/h2-6H,7H2,1H3,(H,17,18). The number of anilines is 1. The molecule has 1 aromatic carbocycles. The summed E-state index contributed by atoms with van der Waals surface area (Å²) in [5.41, 5.74) is 1.67. The second-order valence-corrected chi connectivity index (χ2v) is 5.70. The Bertz CT molecular complexity index is 573. The molecule has 0 radical (unpaired) electrons. The third-order valence-corrected chi connectivity index (χ3v) is 3.53. The largest absolute Gasteiger partial charge is 0.365 e. The SMILES string of the molecule is Cc1cnc(NCc2cc(Br)ccc2F)c(Br)c1. The molecule has 1 heterocycles. The van der Waals surface area contributed by atoms with Gasteiger partial charge in [0.1, 0.15) is 11.6 Å². The van der Waals surface area contributed by atoms with Crippen molar-refractivity contribution in [3.8, 4) is 0 Å². The lowest BCUT2D eigenvalue weighted by Gasteiger charge is -2.09. The van der Waals surface area contributed by atoms with Crippen molar-refractivity contribution in [1.29, 1.82) is 0 Å². The molecular formula is C13H11Br2FN2. The van der Waals surface area contributed by atoms with Gasteiger partial charge in [-0.15, -0.1) is 0 Å². The summed E-state index contributed by atoms with van der Waals surface area (Å²) in [6.45, 7) is 2.36. The molecule has 0 spiro atoms. The molecule has 2 nitrogen and oxygen atoms in total. The van der Waals surface area contributed by atoms with Crippen LogP contribution in [0.25, 0.3) is 0 Å². The van der Waals surface area contributed by atoms with Gasteiger partial charge in [0.2, 0.25) is 0 Å². The lowest BCUT2D eigenvalue weighted by molar-refractivity contribution is 0.612. The van der Waals surface area contributed by atoms with E-state index in [1.807, 2.05) is 13.0 Å². The summed E-state index contributed by atoms with van der Waals surface area (Å²) in [5, 5.41) is 3.11. The first-order valence-electron chi connectivity index (χ1n) is 5.36. The van der Waals surface area contributed by atoms with Crippen LogP contribution in [0.1, 0.15) is 11.1 Å². The zero-order valence-electron chi connectivity index (χ0n) is 9.67. The number of rotatable bonds is 3. The highest BCUT2D eigenvalue weighted by atomic mass is 79.9. The van der Waals surface area contributed by atoms with Gasteiger partial charge >= 0.3 is 0 Å². The van der Waals surface area contributed by atoms with E-state index in [-0.39, 0.29) is 5.82 Å². The van der Waals surface area contributed by atoms with Crippen LogP contribution in [0, 0.1) is 12.7 Å². The van der Waals surface area contributed by atoms with Crippen LogP contribution in [-0.4, -0.2) is 4.98 Å². The van der Waals surface area contributed by atoms with Crippen LogP contribution >= 0.6 is 31.9 Å². The highest BCUT2D eigenvalue weighted by Gasteiger charge is 2.05. The number of hydrogen-bond acceptors (Lipinski definition) is 2. The molecule has 1 N–H and O–H groups in total. The van der Waals surface area contributed by atoms with Crippen molar-refractivity contribution in [3.63, 3.8) is 0 Å². The fourth-order valence-electron chi connectivity index (χ4n) is 1.52. The monoisotopic (exact) mass is 372 g/mol. The highest BCUT2D eigenvalue weighted by molar-refractivity contribution is 9.10. The van der Waals surface area contributed by atoms with E-state index in [4.69, 9.17) is 0 Å². The van der Waals surface area contributed by atoms with Gasteiger partial charge in [-0.2, -0.15) is 0 Å². The summed E-state index contributed by atoms with van der Waals surface area (Å²) in [6.07, 6.45) is 1.77. The van der Waals surface area contributed by atoms with Gasteiger partial charge in [0.15, 0.2) is 0 Å². The van der Waals surface area contributed by atoms with E-state index in [9.17, 15) is 4.39 Å². The van der Waals surface area contributed by atoms with Gasteiger partial charge in [0, 0.05) is 22.8 Å². The molecule has 94 valence electrons. The maximum Gasteiger partial charge on any atom is 0.140 e. The second kappa shape index (κ2) is 5.80. The van der Waals surface area contributed by atoms with Crippen molar-refractivity contribution in [3.05, 3.63) is 56.4 Å². The molecule has 0 fully saturated rings. The van der Waals surface area contributed by atoms with Gasteiger partial charge in [0.25, 0.3) is 0 Å². The van der Waals surface area contributed by atoms with Crippen molar-refractivity contribution >= 4 is 37.7 Å². The molecule has 0 bridgehead atoms. The van der Waals surface area contributed by atoms with Crippen LogP contribution in [-0.2, 0) is 6.54 Å². The molecule has 0 aliphatic carbocycles. The summed E-state index contributed by atoms with van der Waals surface area (Å²) in [6, 6.07) is 6.84. The zero-order valence-corrected chi connectivity index (χ0v) is 12.8. The summed E-state index contributed by atoms with van der Waals surface area (Å²) < 4.78 is 15.3. The minimum Gasteiger partial charge on any atom is -0.365 e. The third-order valence-electron chi connectivity index (χ3n) is 2.43. The van der Waals surface area contributed by atoms with Crippen LogP contribution in [0.15, 0.2) is 39.4 Å². The Morgan fingerprint density at radius 1 is 1.28 bits per heavy atom. The van der Waals surface area contributed by atoms with Gasteiger partial charge in [-0.3, -0.25) is 0 Å². The smallest absolute Gasteiger partial charge is 0.140 e. The van der Waals surface area contributed by atoms with Gasteiger partial charge in [-0.25, -0.2) is 9.37 Å². The molecule has 0 saturated carbocycles. The fourth-order valence-corrected chi connectivity index (χ4v) is 2.53. The van der Waals surface area contributed by atoms with E-state index in [0.717, 1.165) is 14.5 Å². The first kappa shape index (κ1) is 13.5. The topological polar surface area (TPSA) is 24.9 Å². The number of aromatic nitrogens is 1. The summed E-state index contributed by atoms with van der Waals surface area (Å²) in [7, 11) is 0. The minimum absolute atomic E-state index is 0.228. The van der Waals surface area contributed by atoms with Crippen molar-refractivity contribution < 1.29 is 4.39 Å². The van der Waals surface area contributed by atoms with Crippen molar-refractivity contribution in [2.45, 2.75) is 13.5 Å². The first-order valence-corrected chi connectivity index (χ1v) is 6.95. The molecule has 0 atom stereocenters. The zero-order chi connectivity index (χ0) is 13.1. The number of nitrogens with one attached hydrogen (secondary N) is 1. The van der Waals surface area contributed by atoms with Crippen molar-refractivity contribution in [2.24, 2.45) is 0 Å². The number of aryl methyl sites for hydroxylation is 1. The molecule has 2 rings (SSSR count). The van der Waals surface area contributed by atoms with Gasteiger partial charge in [-0.05, 0) is 52.7 Å². The van der Waals surface area contributed by atoms with Crippen LogP contribution < -0.4 is 5.32 Å². The Hall–Kier alpha value is -0.940. The van der Waals surface area contributed by atoms with E-state index in [2.05, 4.69) is 42.2 Å². The average molecular weight is 374 g/mol. The molecular weight excluding hydrogens is 363 g/mol. The van der Waals surface area contributed by atoms with E-state index in [1.165, 1.54) is 6.07 Å².